The zero-order chi connectivity index (χ0) is 13.7. The van der Waals surface area contributed by atoms with Gasteiger partial charge in [-0.25, -0.2) is 0 Å². The van der Waals surface area contributed by atoms with E-state index >= 15 is 0 Å². The molecule has 0 radical (unpaired) electrons. The van der Waals surface area contributed by atoms with Crippen LogP contribution in [0.4, 0.5) is 5.69 Å². The summed E-state index contributed by atoms with van der Waals surface area (Å²) in [6.45, 7) is 2.21. The number of rotatable bonds is 6. The molecule has 6 nitrogen and oxygen atoms in total. The van der Waals surface area contributed by atoms with Crippen LogP contribution >= 0.6 is 0 Å². The number of methoxy groups -OCH3 is 1. The topological polar surface area (TPSA) is 83.4 Å². The average molecular weight is 263 g/mol. The zero-order valence-corrected chi connectivity index (χ0v) is 11.0. The van der Waals surface area contributed by atoms with Crippen molar-refractivity contribution in [3.8, 4) is 5.75 Å². The molecule has 2 N–H and O–H groups in total. The third-order valence-electron chi connectivity index (χ3n) is 2.67. The Morgan fingerprint density at radius 1 is 1.32 bits per heavy atom. The zero-order valence-electron chi connectivity index (χ0n) is 11.0. The molecule has 6 heteroatoms. The molecule has 19 heavy (non-hydrogen) atoms. The minimum Gasteiger partial charge on any atom is -0.484 e. The second kappa shape index (κ2) is 6.19. The van der Waals surface area contributed by atoms with Gasteiger partial charge in [-0.05, 0) is 30.7 Å². The van der Waals surface area contributed by atoms with E-state index in [1.165, 1.54) is 0 Å². The number of nitrogen functional groups attached to an aromatic ring is 1. The van der Waals surface area contributed by atoms with Crippen molar-refractivity contribution in [2.24, 2.45) is 0 Å². The number of aromatic nitrogens is 2. The highest BCUT2D eigenvalue weighted by atomic mass is 16.5. The van der Waals surface area contributed by atoms with Gasteiger partial charge in [-0.1, -0.05) is 12.1 Å². The molecule has 0 aliphatic carbocycles. The Balaban J connectivity index is 1.95. The molecule has 1 aromatic heterocycles. The minimum absolute atomic E-state index is 0.144. The number of hydrogen-bond acceptors (Lipinski definition) is 6. The highest BCUT2D eigenvalue weighted by Crippen LogP contribution is 2.18. The van der Waals surface area contributed by atoms with E-state index in [0.717, 1.165) is 6.42 Å². The summed E-state index contributed by atoms with van der Waals surface area (Å²) in [5.74, 6) is 1.66. The van der Waals surface area contributed by atoms with Crippen molar-refractivity contribution in [1.29, 1.82) is 0 Å². The Bertz CT molecular complexity index is 506. The predicted molar refractivity (Wildman–Crippen MR) is 69.5 cm³/mol. The lowest BCUT2D eigenvalue weighted by Gasteiger charge is -2.06. The van der Waals surface area contributed by atoms with Gasteiger partial charge in [0.1, 0.15) is 11.9 Å². The van der Waals surface area contributed by atoms with Crippen LogP contribution in [0.2, 0.25) is 0 Å². The summed E-state index contributed by atoms with van der Waals surface area (Å²) in [5, 5.41) is 3.87. The van der Waals surface area contributed by atoms with E-state index in [2.05, 4.69) is 10.1 Å². The van der Waals surface area contributed by atoms with Crippen molar-refractivity contribution >= 4 is 5.69 Å². The van der Waals surface area contributed by atoms with Crippen molar-refractivity contribution in [2.75, 3.05) is 12.8 Å². The Kier molecular flexibility index (Phi) is 4.35. The van der Waals surface area contributed by atoms with E-state index in [4.69, 9.17) is 19.7 Å². The van der Waals surface area contributed by atoms with E-state index in [1.54, 1.807) is 31.4 Å². The Hall–Kier alpha value is -2.08. The molecule has 1 unspecified atom stereocenters. The SMILES string of the molecule is CCC(OC)c1noc(COc2ccc(N)cc2)n1. The van der Waals surface area contributed by atoms with Crippen LogP contribution in [0.25, 0.3) is 0 Å². The normalized spacial score (nSPS) is 12.3. The molecule has 0 saturated heterocycles. The molecule has 2 rings (SSSR count). The predicted octanol–water partition coefficient (Wildman–Crippen LogP) is 2.33. The first kappa shape index (κ1) is 13.4. The van der Waals surface area contributed by atoms with E-state index < -0.39 is 0 Å². The maximum atomic E-state index is 5.59. The Morgan fingerprint density at radius 2 is 2.05 bits per heavy atom. The van der Waals surface area contributed by atoms with Crippen LogP contribution in [-0.4, -0.2) is 17.3 Å². The van der Waals surface area contributed by atoms with Gasteiger partial charge < -0.3 is 19.7 Å². The van der Waals surface area contributed by atoms with Gasteiger partial charge in [-0.3, -0.25) is 0 Å². The van der Waals surface area contributed by atoms with Crippen LogP contribution in [0.1, 0.15) is 31.2 Å². The fourth-order valence-electron chi connectivity index (χ4n) is 1.62. The van der Waals surface area contributed by atoms with Crippen LogP contribution in [-0.2, 0) is 11.3 Å². The average Bonchev–Trinajstić information content (AvgIpc) is 2.88. The first-order chi connectivity index (χ1) is 9.22. The fourth-order valence-corrected chi connectivity index (χ4v) is 1.62. The lowest BCUT2D eigenvalue weighted by Crippen LogP contribution is -2.02. The standard InChI is InChI=1S/C13H17N3O3/c1-3-11(17-2)13-15-12(19-16-13)8-18-10-6-4-9(14)5-7-10/h4-7,11H,3,8,14H2,1-2H3. The van der Waals surface area contributed by atoms with Crippen molar-refractivity contribution < 1.29 is 14.0 Å². The van der Waals surface area contributed by atoms with Gasteiger partial charge >= 0.3 is 0 Å². The van der Waals surface area contributed by atoms with Gasteiger partial charge in [-0.2, -0.15) is 4.98 Å². The summed E-state index contributed by atoms with van der Waals surface area (Å²) in [6.07, 6.45) is 0.642. The molecule has 1 atom stereocenters. The maximum Gasteiger partial charge on any atom is 0.264 e. The number of anilines is 1. The molecule has 0 saturated carbocycles. The quantitative estimate of drug-likeness (QED) is 0.805. The summed E-state index contributed by atoms with van der Waals surface area (Å²) in [5.41, 5.74) is 6.28. The summed E-state index contributed by atoms with van der Waals surface area (Å²) in [4.78, 5) is 4.23. The molecule has 102 valence electrons. The largest absolute Gasteiger partial charge is 0.484 e. The monoisotopic (exact) mass is 263 g/mol. The molecular weight excluding hydrogens is 246 g/mol. The number of benzene rings is 1. The number of nitrogens with two attached hydrogens (primary N) is 1. The van der Waals surface area contributed by atoms with Gasteiger partial charge in [-0.15, -0.1) is 0 Å². The van der Waals surface area contributed by atoms with Gasteiger partial charge in [0.15, 0.2) is 6.61 Å². The molecule has 0 amide bonds. The van der Waals surface area contributed by atoms with E-state index in [9.17, 15) is 0 Å². The summed E-state index contributed by atoms with van der Waals surface area (Å²) >= 11 is 0. The first-order valence-corrected chi connectivity index (χ1v) is 6.06. The van der Waals surface area contributed by atoms with Crippen molar-refractivity contribution in [3.63, 3.8) is 0 Å². The van der Waals surface area contributed by atoms with Crippen molar-refractivity contribution in [3.05, 3.63) is 36.0 Å². The summed E-state index contributed by atoms with van der Waals surface area (Å²) < 4.78 is 15.9. The molecule has 0 fully saturated rings. The molecule has 0 spiro atoms. The smallest absolute Gasteiger partial charge is 0.264 e. The van der Waals surface area contributed by atoms with Crippen LogP contribution in [0.3, 0.4) is 0 Å². The van der Waals surface area contributed by atoms with Crippen molar-refractivity contribution in [1.82, 2.24) is 10.1 Å². The first-order valence-electron chi connectivity index (χ1n) is 6.06. The van der Waals surface area contributed by atoms with Gasteiger partial charge in [0.05, 0.1) is 0 Å². The van der Waals surface area contributed by atoms with Crippen LogP contribution in [0.15, 0.2) is 28.8 Å². The van der Waals surface area contributed by atoms with E-state index in [0.29, 0.717) is 23.2 Å². The fraction of sp³-hybridized carbons (Fsp3) is 0.385. The Labute approximate surface area is 111 Å². The van der Waals surface area contributed by atoms with E-state index in [1.807, 2.05) is 6.92 Å². The maximum absolute atomic E-state index is 5.59. The molecule has 0 aliphatic heterocycles. The Morgan fingerprint density at radius 3 is 2.68 bits per heavy atom. The highest BCUT2D eigenvalue weighted by Gasteiger charge is 2.15. The second-order valence-corrected chi connectivity index (χ2v) is 4.04. The molecule has 0 bridgehead atoms. The minimum atomic E-state index is -0.144. The van der Waals surface area contributed by atoms with E-state index in [-0.39, 0.29) is 12.7 Å². The lowest BCUT2D eigenvalue weighted by atomic mass is 10.3. The molecule has 1 heterocycles. The number of hydrogen-bond donors (Lipinski definition) is 1. The lowest BCUT2D eigenvalue weighted by molar-refractivity contribution is 0.0903. The highest BCUT2D eigenvalue weighted by molar-refractivity contribution is 5.41. The third kappa shape index (κ3) is 3.45. The van der Waals surface area contributed by atoms with Crippen LogP contribution < -0.4 is 10.5 Å². The van der Waals surface area contributed by atoms with Gasteiger partial charge in [0.25, 0.3) is 5.89 Å². The van der Waals surface area contributed by atoms with Crippen LogP contribution in [0, 0.1) is 0 Å². The third-order valence-corrected chi connectivity index (χ3v) is 2.67. The van der Waals surface area contributed by atoms with Gasteiger partial charge in [0.2, 0.25) is 5.82 Å². The molecule has 2 aromatic rings. The molecular formula is C13H17N3O3. The second-order valence-electron chi connectivity index (χ2n) is 4.04. The van der Waals surface area contributed by atoms with Crippen molar-refractivity contribution in [2.45, 2.75) is 26.1 Å². The number of nitrogens with zero attached hydrogens (tertiary/aromatic N) is 2. The molecule has 0 aliphatic rings. The van der Waals surface area contributed by atoms with Crippen LogP contribution in [0.5, 0.6) is 5.75 Å². The summed E-state index contributed by atoms with van der Waals surface area (Å²) in [7, 11) is 1.62. The number of ether oxygens (including phenoxy) is 2. The summed E-state index contributed by atoms with van der Waals surface area (Å²) in [6, 6.07) is 7.12. The van der Waals surface area contributed by atoms with Gasteiger partial charge in [0, 0.05) is 12.8 Å². The molecule has 1 aromatic carbocycles.